The lowest BCUT2D eigenvalue weighted by Crippen LogP contribution is -2.67. The Morgan fingerprint density at radius 2 is 2.04 bits per heavy atom. The Balaban J connectivity index is 1.48. The monoisotopic (exact) mass is 360 g/mol. The average molecular weight is 360 g/mol. The van der Waals surface area contributed by atoms with Crippen molar-refractivity contribution in [3.8, 4) is 0 Å². The van der Waals surface area contributed by atoms with Gasteiger partial charge in [-0.1, -0.05) is 20.8 Å². The first kappa shape index (κ1) is 16.1. The molecule has 8 atom stereocenters. The van der Waals surface area contributed by atoms with Gasteiger partial charge in [0.1, 0.15) is 18.3 Å². The summed E-state index contributed by atoms with van der Waals surface area (Å²) in [4.78, 5) is 12.1. The van der Waals surface area contributed by atoms with Crippen LogP contribution in [-0.2, 0) is 14.3 Å². The number of ether oxygens (including phenoxy) is 2. The number of carbonyl (C=O) groups excluding carboxylic acids is 1. The number of hydrogen-bond acceptors (Lipinski definition) is 5. The highest BCUT2D eigenvalue weighted by atomic mass is 16.6. The second kappa shape index (κ2) is 4.23. The molecule has 6 aliphatic rings. The van der Waals surface area contributed by atoms with E-state index >= 15 is 0 Å². The quantitative estimate of drug-likeness (QED) is 0.552. The first-order valence-corrected chi connectivity index (χ1v) is 10.2. The molecule has 0 unspecified atom stereocenters. The van der Waals surface area contributed by atoms with Crippen molar-refractivity contribution in [3.05, 3.63) is 11.1 Å². The molecule has 3 saturated carbocycles. The summed E-state index contributed by atoms with van der Waals surface area (Å²) in [5.41, 5.74) is 0.418. The number of rotatable bonds is 1. The maximum absolute atomic E-state index is 12.1. The molecule has 0 aromatic heterocycles. The van der Waals surface area contributed by atoms with E-state index < -0.39 is 17.3 Å². The summed E-state index contributed by atoms with van der Waals surface area (Å²) in [5, 5.41) is 22.7. The van der Waals surface area contributed by atoms with Crippen molar-refractivity contribution >= 4 is 5.97 Å². The standard InChI is InChI=1S/C21H28O5/c1-10(2)19(24)7-11-8-20(11)18(3)5-4-12-13(9-25-16(12)22)14(18)6-15-21(20,26-15)17(19)23/h10-11,14-15,17,23-24H,4-9H2,1-3H3/t11-,14+,15+,17-,18+,19-,20+,21-/m1/s1. The molecular weight excluding hydrogens is 332 g/mol. The fourth-order valence-corrected chi connectivity index (χ4v) is 8.05. The topological polar surface area (TPSA) is 79.3 Å². The summed E-state index contributed by atoms with van der Waals surface area (Å²) in [7, 11) is 0. The molecule has 4 aliphatic carbocycles. The smallest absolute Gasteiger partial charge is 0.334 e. The van der Waals surface area contributed by atoms with Crippen molar-refractivity contribution in [1.29, 1.82) is 0 Å². The maximum atomic E-state index is 12.1. The molecule has 1 saturated heterocycles. The summed E-state index contributed by atoms with van der Waals surface area (Å²) in [6, 6.07) is 0. The van der Waals surface area contributed by atoms with Gasteiger partial charge in [-0.2, -0.15) is 0 Å². The molecule has 2 heterocycles. The lowest BCUT2D eigenvalue weighted by molar-refractivity contribution is -0.200. The van der Waals surface area contributed by atoms with Gasteiger partial charge in [0.2, 0.25) is 0 Å². The van der Waals surface area contributed by atoms with Crippen molar-refractivity contribution in [2.24, 2.45) is 28.6 Å². The zero-order chi connectivity index (χ0) is 18.3. The van der Waals surface area contributed by atoms with Crippen LogP contribution in [0.25, 0.3) is 0 Å². The van der Waals surface area contributed by atoms with Crippen LogP contribution in [0.15, 0.2) is 11.1 Å². The largest absolute Gasteiger partial charge is 0.458 e. The van der Waals surface area contributed by atoms with Crippen molar-refractivity contribution in [2.75, 3.05) is 6.61 Å². The van der Waals surface area contributed by atoms with Gasteiger partial charge in [0, 0.05) is 11.0 Å². The number of aliphatic hydroxyl groups is 2. The summed E-state index contributed by atoms with van der Waals surface area (Å²) in [6.07, 6.45) is 3.43. The molecule has 4 fully saturated rings. The van der Waals surface area contributed by atoms with Crippen LogP contribution in [0.2, 0.25) is 0 Å². The number of epoxide rings is 1. The highest BCUT2D eigenvalue weighted by Crippen LogP contribution is 2.86. The molecule has 0 bridgehead atoms. The molecule has 0 radical (unpaired) electrons. The van der Waals surface area contributed by atoms with E-state index in [0.29, 0.717) is 24.9 Å². The number of carbonyl (C=O) groups is 1. The lowest BCUT2D eigenvalue weighted by Gasteiger charge is -2.58. The van der Waals surface area contributed by atoms with E-state index in [-0.39, 0.29) is 28.8 Å². The lowest BCUT2D eigenvalue weighted by atomic mass is 9.45. The van der Waals surface area contributed by atoms with Crippen molar-refractivity contribution in [2.45, 2.75) is 76.3 Å². The number of cyclic esters (lactones) is 1. The number of aliphatic hydroxyl groups excluding tert-OH is 1. The minimum absolute atomic E-state index is 0.00220. The van der Waals surface area contributed by atoms with Gasteiger partial charge in [-0.3, -0.25) is 0 Å². The Bertz CT molecular complexity index is 772. The Morgan fingerprint density at radius 3 is 2.77 bits per heavy atom. The Morgan fingerprint density at radius 1 is 1.27 bits per heavy atom. The van der Waals surface area contributed by atoms with Gasteiger partial charge < -0.3 is 19.7 Å². The molecule has 0 amide bonds. The van der Waals surface area contributed by atoms with Crippen molar-refractivity contribution in [3.63, 3.8) is 0 Å². The number of esters is 1. The van der Waals surface area contributed by atoms with Crippen LogP contribution in [0.5, 0.6) is 0 Å². The summed E-state index contributed by atoms with van der Waals surface area (Å²) in [6.45, 7) is 6.79. The first-order valence-electron chi connectivity index (χ1n) is 10.2. The van der Waals surface area contributed by atoms with E-state index in [9.17, 15) is 15.0 Å². The van der Waals surface area contributed by atoms with Gasteiger partial charge in [-0.25, -0.2) is 4.79 Å². The van der Waals surface area contributed by atoms with E-state index in [0.717, 1.165) is 31.3 Å². The molecule has 5 nitrogen and oxygen atoms in total. The average Bonchev–Trinajstić information content (AvgIpc) is 3.46. The van der Waals surface area contributed by atoms with Crippen LogP contribution in [-0.4, -0.2) is 46.2 Å². The zero-order valence-electron chi connectivity index (χ0n) is 15.7. The normalized spacial score (nSPS) is 59.1. The maximum Gasteiger partial charge on any atom is 0.334 e. The fraction of sp³-hybridized carbons (Fsp3) is 0.857. The summed E-state index contributed by atoms with van der Waals surface area (Å²) < 4.78 is 11.7. The van der Waals surface area contributed by atoms with E-state index in [4.69, 9.17) is 9.47 Å². The molecular formula is C21H28O5. The summed E-state index contributed by atoms with van der Waals surface area (Å²) >= 11 is 0. The number of hydrogen-bond donors (Lipinski definition) is 2. The second-order valence-electron chi connectivity index (χ2n) is 10.3. The highest BCUT2D eigenvalue weighted by Gasteiger charge is 2.92. The molecule has 142 valence electrons. The number of fused-ring (bicyclic) bond motifs is 2. The van der Waals surface area contributed by atoms with Crippen molar-refractivity contribution < 1.29 is 24.5 Å². The van der Waals surface area contributed by atoms with Gasteiger partial charge in [0.25, 0.3) is 0 Å². The van der Waals surface area contributed by atoms with E-state index in [1.165, 1.54) is 5.57 Å². The Hall–Kier alpha value is -0.910. The van der Waals surface area contributed by atoms with Crippen LogP contribution in [0.4, 0.5) is 0 Å². The van der Waals surface area contributed by atoms with E-state index in [1.54, 1.807) is 0 Å². The molecule has 5 heteroatoms. The minimum Gasteiger partial charge on any atom is -0.458 e. The van der Waals surface area contributed by atoms with E-state index in [1.807, 2.05) is 13.8 Å². The third kappa shape index (κ3) is 1.36. The van der Waals surface area contributed by atoms with Crippen molar-refractivity contribution in [1.82, 2.24) is 0 Å². The molecule has 6 rings (SSSR count). The Kier molecular flexibility index (Phi) is 2.62. The SMILES string of the molecule is CC(C)[C@]1(O)C[C@@H]2C[C@]23[C@]2(O[C@H]2C[C@H]2C4=C(CC[C@@]23C)C(=O)OC4)[C@@H]1O. The van der Waals surface area contributed by atoms with E-state index in [2.05, 4.69) is 6.92 Å². The third-order valence-electron chi connectivity index (χ3n) is 9.56. The van der Waals surface area contributed by atoms with Gasteiger partial charge in [-0.15, -0.1) is 0 Å². The Labute approximate surface area is 153 Å². The minimum atomic E-state index is -1.06. The van der Waals surface area contributed by atoms with Gasteiger partial charge in [0.05, 0.1) is 11.7 Å². The van der Waals surface area contributed by atoms with Crippen LogP contribution in [0.1, 0.15) is 52.9 Å². The second-order valence-corrected chi connectivity index (χ2v) is 10.3. The molecule has 2 N–H and O–H groups in total. The fourth-order valence-electron chi connectivity index (χ4n) is 8.05. The predicted molar refractivity (Wildman–Crippen MR) is 92.0 cm³/mol. The van der Waals surface area contributed by atoms with Gasteiger partial charge in [0.15, 0.2) is 0 Å². The molecule has 26 heavy (non-hydrogen) atoms. The van der Waals surface area contributed by atoms with Crippen LogP contribution in [0, 0.1) is 28.6 Å². The zero-order valence-corrected chi connectivity index (χ0v) is 15.7. The van der Waals surface area contributed by atoms with Gasteiger partial charge >= 0.3 is 5.97 Å². The van der Waals surface area contributed by atoms with Crippen LogP contribution in [0.3, 0.4) is 0 Å². The molecule has 2 aliphatic heterocycles. The predicted octanol–water partition coefficient (Wildman–Crippen LogP) is 1.96. The van der Waals surface area contributed by atoms with Crippen LogP contribution < -0.4 is 0 Å². The molecule has 0 aromatic carbocycles. The third-order valence-corrected chi connectivity index (χ3v) is 9.56. The highest BCUT2D eigenvalue weighted by molar-refractivity contribution is 5.92. The van der Waals surface area contributed by atoms with Crippen LogP contribution >= 0.6 is 0 Å². The first-order chi connectivity index (χ1) is 12.2. The summed E-state index contributed by atoms with van der Waals surface area (Å²) in [5.74, 6) is 0.581. The molecule has 0 aromatic rings. The van der Waals surface area contributed by atoms with Gasteiger partial charge in [-0.05, 0) is 60.8 Å². The molecule has 2 spiro atoms.